The van der Waals surface area contributed by atoms with Gasteiger partial charge in [0.05, 0.1) is 5.56 Å². The van der Waals surface area contributed by atoms with Crippen LogP contribution < -0.4 is 5.32 Å². The Bertz CT molecular complexity index is 603. The molecule has 1 N–H and O–H groups in total. The molecule has 0 saturated carbocycles. The van der Waals surface area contributed by atoms with Gasteiger partial charge < -0.3 is 9.84 Å². The van der Waals surface area contributed by atoms with E-state index >= 15 is 0 Å². The minimum Gasteiger partial charge on any atom is -0.340 e. The number of aromatic nitrogens is 2. The van der Waals surface area contributed by atoms with Crippen LogP contribution in [-0.4, -0.2) is 16.7 Å². The first-order chi connectivity index (χ1) is 9.20. The first kappa shape index (κ1) is 13.2. The molecule has 0 aliphatic rings. The summed E-state index contributed by atoms with van der Waals surface area (Å²) in [5, 5.41) is 15.6. The number of nitrogens with one attached hydrogen (secondary N) is 1. The highest BCUT2D eigenvalue weighted by Gasteiger charge is 2.07. The Hall–Kier alpha value is -2.26. The van der Waals surface area contributed by atoms with Crippen LogP contribution in [0.5, 0.6) is 0 Å². The van der Waals surface area contributed by atoms with Gasteiger partial charge in [-0.2, -0.15) is 10.2 Å². The Morgan fingerprint density at radius 2 is 2.32 bits per heavy atom. The highest BCUT2D eigenvalue weighted by atomic mass is 19.1. The summed E-state index contributed by atoms with van der Waals surface area (Å²) in [5.41, 5.74) is 0.538. The van der Waals surface area contributed by atoms with Crippen LogP contribution in [0.2, 0.25) is 0 Å². The van der Waals surface area contributed by atoms with Gasteiger partial charge in [-0.15, -0.1) is 0 Å². The van der Waals surface area contributed by atoms with Gasteiger partial charge in [-0.25, -0.2) is 4.39 Å². The standard InChI is InChI=1S/C13H13FN4O/c1-9-17-12(18-19-9)5-6-16-8-11-4-2-3-10(7-15)13(11)14/h2-4,16H,5-6,8H2,1H3. The molecule has 0 bridgehead atoms. The predicted octanol–water partition coefficient (Wildman–Crippen LogP) is 1.72. The Labute approximate surface area is 110 Å². The lowest BCUT2D eigenvalue weighted by atomic mass is 10.1. The first-order valence-electron chi connectivity index (χ1n) is 5.88. The van der Waals surface area contributed by atoms with Crippen molar-refractivity contribution < 1.29 is 8.91 Å². The summed E-state index contributed by atoms with van der Waals surface area (Å²) in [6.07, 6.45) is 0.608. The van der Waals surface area contributed by atoms with Gasteiger partial charge in [0.25, 0.3) is 0 Å². The van der Waals surface area contributed by atoms with Gasteiger partial charge in [-0.1, -0.05) is 17.3 Å². The van der Waals surface area contributed by atoms with Gasteiger partial charge in [0.2, 0.25) is 5.89 Å². The molecule has 0 atom stereocenters. The number of hydrogen-bond donors (Lipinski definition) is 1. The summed E-state index contributed by atoms with van der Waals surface area (Å²) in [6, 6.07) is 6.60. The quantitative estimate of drug-likeness (QED) is 0.828. The maximum absolute atomic E-state index is 13.7. The van der Waals surface area contributed by atoms with E-state index < -0.39 is 5.82 Å². The number of nitriles is 1. The van der Waals surface area contributed by atoms with Crippen LogP contribution in [0, 0.1) is 24.1 Å². The zero-order chi connectivity index (χ0) is 13.7. The van der Waals surface area contributed by atoms with Crippen molar-refractivity contribution in [1.29, 1.82) is 5.26 Å². The summed E-state index contributed by atoms with van der Waals surface area (Å²) in [7, 11) is 0. The molecule has 0 fully saturated rings. The average molecular weight is 260 g/mol. The van der Waals surface area contributed by atoms with Gasteiger partial charge in [-0.05, 0) is 6.07 Å². The van der Waals surface area contributed by atoms with Crippen molar-refractivity contribution in [3.8, 4) is 6.07 Å². The molecule has 0 aliphatic carbocycles. The van der Waals surface area contributed by atoms with E-state index in [0.717, 1.165) is 0 Å². The number of benzene rings is 1. The third-order valence-corrected chi connectivity index (χ3v) is 2.61. The van der Waals surface area contributed by atoms with E-state index in [1.165, 1.54) is 6.07 Å². The maximum Gasteiger partial charge on any atom is 0.223 e. The van der Waals surface area contributed by atoms with Crippen molar-refractivity contribution in [1.82, 2.24) is 15.5 Å². The topological polar surface area (TPSA) is 74.7 Å². The molecule has 0 spiro atoms. The van der Waals surface area contributed by atoms with Crippen LogP contribution in [-0.2, 0) is 13.0 Å². The molecule has 98 valence electrons. The minimum atomic E-state index is -0.465. The Morgan fingerprint density at radius 1 is 1.47 bits per heavy atom. The fraction of sp³-hybridized carbons (Fsp3) is 0.308. The van der Waals surface area contributed by atoms with Crippen molar-refractivity contribution >= 4 is 0 Å². The van der Waals surface area contributed by atoms with Gasteiger partial charge in [0.1, 0.15) is 11.9 Å². The van der Waals surface area contributed by atoms with Crippen molar-refractivity contribution in [3.63, 3.8) is 0 Å². The molecular weight excluding hydrogens is 247 g/mol. The Morgan fingerprint density at radius 3 is 3.00 bits per heavy atom. The third kappa shape index (κ3) is 3.36. The molecule has 0 unspecified atom stereocenters. The van der Waals surface area contributed by atoms with Crippen molar-refractivity contribution in [2.75, 3.05) is 6.54 Å². The summed E-state index contributed by atoms with van der Waals surface area (Å²) < 4.78 is 18.6. The van der Waals surface area contributed by atoms with E-state index in [1.54, 1.807) is 19.1 Å². The summed E-state index contributed by atoms with van der Waals surface area (Å²) >= 11 is 0. The van der Waals surface area contributed by atoms with Gasteiger partial charge in [-0.3, -0.25) is 0 Å². The molecule has 2 aromatic rings. The smallest absolute Gasteiger partial charge is 0.223 e. The Balaban J connectivity index is 1.85. The fourth-order valence-electron chi connectivity index (χ4n) is 1.67. The van der Waals surface area contributed by atoms with E-state index in [1.807, 2.05) is 6.07 Å². The molecule has 0 radical (unpaired) electrons. The first-order valence-corrected chi connectivity index (χ1v) is 5.88. The number of rotatable bonds is 5. The van der Waals surface area contributed by atoms with Crippen molar-refractivity contribution in [3.05, 3.63) is 46.9 Å². The van der Waals surface area contributed by atoms with Crippen molar-refractivity contribution in [2.24, 2.45) is 0 Å². The molecule has 1 heterocycles. The largest absolute Gasteiger partial charge is 0.340 e. The minimum absolute atomic E-state index is 0.0630. The van der Waals surface area contributed by atoms with Crippen LogP contribution in [0.3, 0.4) is 0 Å². The highest BCUT2D eigenvalue weighted by Crippen LogP contribution is 2.11. The monoisotopic (exact) mass is 260 g/mol. The van der Waals surface area contributed by atoms with Gasteiger partial charge in [0, 0.05) is 32.0 Å². The lowest BCUT2D eigenvalue weighted by Crippen LogP contribution is -2.18. The number of aryl methyl sites for hydroxylation is 1. The molecule has 0 amide bonds. The second-order valence-electron chi connectivity index (χ2n) is 4.05. The lowest BCUT2D eigenvalue weighted by molar-refractivity contribution is 0.387. The average Bonchev–Trinajstić information content (AvgIpc) is 2.82. The normalized spacial score (nSPS) is 10.4. The lowest BCUT2D eigenvalue weighted by Gasteiger charge is -2.05. The molecule has 6 heteroatoms. The SMILES string of the molecule is Cc1nc(CCNCc2cccc(C#N)c2F)no1. The molecule has 2 rings (SSSR count). The predicted molar refractivity (Wildman–Crippen MR) is 65.6 cm³/mol. The van der Waals surface area contributed by atoms with E-state index in [9.17, 15) is 4.39 Å². The summed E-state index contributed by atoms with van der Waals surface area (Å²) in [5.74, 6) is 0.687. The van der Waals surface area contributed by atoms with Crippen LogP contribution in [0.4, 0.5) is 4.39 Å². The molecule has 0 aliphatic heterocycles. The molecule has 1 aromatic heterocycles. The van der Waals surface area contributed by atoms with E-state index in [2.05, 4.69) is 15.5 Å². The number of hydrogen-bond acceptors (Lipinski definition) is 5. The van der Waals surface area contributed by atoms with Gasteiger partial charge in [0.15, 0.2) is 5.82 Å². The molecule has 19 heavy (non-hydrogen) atoms. The number of halogens is 1. The van der Waals surface area contributed by atoms with Crippen LogP contribution >= 0.6 is 0 Å². The second kappa shape index (κ2) is 6.07. The van der Waals surface area contributed by atoms with Crippen molar-refractivity contribution in [2.45, 2.75) is 19.9 Å². The van der Waals surface area contributed by atoms with Crippen LogP contribution in [0.25, 0.3) is 0 Å². The van der Waals surface area contributed by atoms with E-state index in [0.29, 0.717) is 36.8 Å². The molecular formula is C13H13FN4O. The molecule has 5 nitrogen and oxygen atoms in total. The van der Waals surface area contributed by atoms with E-state index in [-0.39, 0.29) is 5.56 Å². The summed E-state index contributed by atoms with van der Waals surface area (Å²) in [6.45, 7) is 2.69. The fourth-order valence-corrected chi connectivity index (χ4v) is 1.67. The van der Waals surface area contributed by atoms with E-state index in [4.69, 9.17) is 9.78 Å². The highest BCUT2D eigenvalue weighted by molar-refractivity contribution is 5.34. The van der Waals surface area contributed by atoms with Crippen LogP contribution in [0.15, 0.2) is 22.7 Å². The number of nitrogens with zero attached hydrogens (tertiary/aromatic N) is 3. The summed E-state index contributed by atoms with van der Waals surface area (Å²) in [4.78, 5) is 4.07. The second-order valence-corrected chi connectivity index (χ2v) is 4.05. The Kier molecular flexibility index (Phi) is 4.21. The van der Waals surface area contributed by atoms with Crippen LogP contribution in [0.1, 0.15) is 22.8 Å². The van der Waals surface area contributed by atoms with Gasteiger partial charge >= 0.3 is 0 Å². The molecule has 1 aromatic carbocycles. The third-order valence-electron chi connectivity index (χ3n) is 2.61. The zero-order valence-corrected chi connectivity index (χ0v) is 10.5. The maximum atomic E-state index is 13.7. The molecule has 0 saturated heterocycles. The zero-order valence-electron chi connectivity index (χ0n) is 10.5.